The van der Waals surface area contributed by atoms with Crippen LogP contribution in [-0.2, 0) is 0 Å². The molecule has 0 saturated carbocycles. The fourth-order valence-electron chi connectivity index (χ4n) is 3.27. The number of hydrogen-bond acceptors (Lipinski definition) is 2. The second-order valence-corrected chi connectivity index (χ2v) is 8.28. The normalized spacial score (nSPS) is 19.5. The molecule has 3 nitrogen and oxygen atoms in total. The van der Waals surface area contributed by atoms with E-state index in [0.29, 0.717) is 9.34 Å². The van der Waals surface area contributed by atoms with Gasteiger partial charge in [0.25, 0.3) is 0 Å². The lowest BCUT2D eigenvalue weighted by Crippen LogP contribution is -2.23. The topological polar surface area (TPSA) is 53.8 Å². The Morgan fingerprint density at radius 1 is 1.32 bits per heavy atom. The number of allylic oxidation sites excluding steroid dienone is 2. The molecule has 0 radical (unpaired) electrons. The van der Waals surface area contributed by atoms with E-state index in [9.17, 15) is 0 Å². The lowest BCUT2D eigenvalue weighted by molar-refractivity contribution is 0.310. The van der Waals surface area contributed by atoms with E-state index in [-0.39, 0.29) is 0 Å². The maximum Gasteiger partial charge on any atom is 0.0738 e. The van der Waals surface area contributed by atoms with Crippen molar-refractivity contribution in [1.82, 2.24) is 4.98 Å². The van der Waals surface area contributed by atoms with Crippen LogP contribution in [0.15, 0.2) is 35.5 Å². The monoisotopic (exact) mass is 409 g/mol. The molecule has 2 aromatic rings. The Morgan fingerprint density at radius 3 is 2.77 bits per heavy atom. The maximum atomic E-state index is 6.38. The molecule has 1 atom stereocenters. The van der Waals surface area contributed by atoms with Crippen molar-refractivity contribution in [3.05, 3.63) is 41.2 Å². The quantitative estimate of drug-likeness (QED) is 0.488. The Balaban J connectivity index is 1.93. The molecule has 0 fully saturated rings. The van der Waals surface area contributed by atoms with Crippen molar-refractivity contribution in [2.45, 2.75) is 37.0 Å². The SMILES string of the molecule is CNc1ccc2cc(C(I)C3=C(N)CC(C)(C)CC3)[nH]c2c1. The van der Waals surface area contributed by atoms with Gasteiger partial charge in [-0.2, -0.15) is 0 Å². The van der Waals surface area contributed by atoms with Gasteiger partial charge in [-0.05, 0) is 53.8 Å². The van der Waals surface area contributed by atoms with Crippen LogP contribution in [0.5, 0.6) is 0 Å². The molecule has 0 bridgehead atoms. The first-order valence-electron chi connectivity index (χ1n) is 7.81. The van der Waals surface area contributed by atoms with Crippen molar-refractivity contribution in [3.63, 3.8) is 0 Å². The third kappa shape index (κ3) is 2.98. The number of aromatic nitrogens is 1. The molecule has 0 amide bonds. The molecule has 4 N–H and O–H groups in total. The van der Waals surface area contributed by atoms with E-state index < -0.39 is 0 Å². The molecule has 1 aromatic heterocycles. The molecule has 0 saturated heterocycles. The first-order valence-corrected chi connectivity index (χ1v) is 9.06. The van der Waals surface area contributed by atoms with Gasteiger partial charge in [-0.3, -0.25) is 0 Å². The molecule has 4 heteroatoms. The molecule has 22 heavy (non-hydrogen) atoms. The third-order valence-electron chi connectivity index (χ3n) is 4.66. The van der Waals surface area contributed by atoms with Crippen molar-refractivity contribution in [2.24, 2.45) is 11.1 Å². The lowest BCUT2D eigenvalue weighted by atomic mass is 9.76. The number of H-pyrrole nitrogens is 1. The highest BCUT2D eigenvalue weighted by molar-refractivity contribution is 14.1. The standard InChI is InChI=1S/C18H24IN3/c1-18(2)7-6-13(14(20)10-18)17(19)16-8-11-4-5-12(21-3)9-15(11)22-16/h4-5,8-9,17,21-22H,6-7,10,20H2,1-3H3. The predicted octanol–water partition coefficient (Wildman–Crippen LogP) is 5.11. The van der Waals surface area contributed by atoms with Gasteiger partial charge >= 0.3 is 0 Å². The number of hydrogen-bond donors (Lipinski definition) is 3. The van der Waals surface area contributed by atoms with Gasteiger partial charge in [-0.15, -0.1) is 0 Å². The molecule has 3 rings (SSSR count). The van der Waals surface area contributed by atoms with Crippen LogP contribution in [0.1, 0.15) is 42.7 Å². The summed E-state index contributed by atoms with van der Waals surface area (Å²) >= 11 is 2.52. The molecule has 1 aliphatic carbocycles. The minimum absolute atomic E-state index is 0.333. The minimum atomic E-state index is 0.333. The van der Waals surface area contributed by atoms with E-state index in [2.05, 4.69) is 71.0 Å². The zero-order valence-corrected chi connectivity index (χ0v) is 15.6. The van der Waals surface area contributed by atoms with Crippen molar-refractivity contribution in [2.75, 3.05) is 12.4 Å². The summed E-state index contributed by atoms with van der Waals surface area (Å²) in [6.45, 7) is 4.61. The van der Waals surface area contributed by atoms with Gasteiger partial charge in [0.05, 0.1) is 3.92 Å². The molecule has 118 valence electrons. The fourth-order valence-corrected chi connectivity index (χ4v) is 4.32. The van der Waals surface area contributed by atoms with Gasteiger partial charge in [0, 0.05) is 29.6 Å². The summed E-state index contributed by atoms with van der Waals surface area (Å²) < 4.78 is 0.333. The van der Waals surface area contributed by atoms with Gasteiger partial charge in [0.15, 0.2) is 0 Å². The fraction of sp³-hybridized carbons (Fsp3) is 0.444. The summed E-state index contributed by atoms with van der Waals surface area (Å²) in [5.41, 5.74) is 12.8. The van der Waals surface area contributed by atoms with E-state index in [1.165, 1.54) is 28.6 Å². The van der Waals surface area contributed by atoms with Gasteiger partial charge < -0.3 is 16.0 Å². The maximum absolute atomic E-state index is 6.38. The molecular formula is C18H24IN3. The lowest BCUT2D eigenvalue weighted by Gasteiger charge is -2.33. The number of rotatable bonds is 3. The van der Waals surface area contributed by atoms with Crippen LogP contribution >= 0.6 is 22.6 Å². The summed E-state index contributed by atoms with van der Waals surface area (Å²) in [5, 5.41) is 4.44. The molecule has 0 aliphatic heterocycles. The summed E-state index contributed by atoms with van der Waals surface area (Å²) in [7, 11) is 1.95. The third-order valence-corrected chi connectivity index (χ3v) is 6.09. The van der Waals surface area contributed by atoms with E-state index in [4.69, 9.17) is 5.73 Å². The summed E-state index contributed by atoms with van der Waals surface area (Å²) in [6, 6.07) is 8.68. The van der Waals surface area contributed by atoms with Crippen molar-refractivity contribution >= 4 is 39.2 Å². The summed E-state index contributed by atoms with van der Waals surface area (Å²) in [6.07, 6.45) is 3.32. The van der Waals surface area contributed by atoms with E-state index >= 15 is 0 Å². The Hall–Kier alpha value is -1.17. The van der Waals surface area contributed by atoms with Crippen molar-refractivity contribution in [1.29, 1.82) is 0 Å². The molecule has 1 unspecified atom stereocenters. The predicted molar refractivity (Wildman–Crippen MR) is 103 cm³/mol. The molecule has 1 heterocycles. The number of fused-ring (bicyclic) bond motifs is 1. The smallest absolute Gasteiger partial charge is 0.0738 e. The molecular weight excluding hydrogens is 385 g/mol. The second-order valence-electron chi connectivity index (χ2n) is 7.03. The first-order chi connectivity index (χ1) is 10.4. The highest BCUT2D eigenvalue weighted by Gasteiger charge is 2.29. The summed E-state index contributed by atoms with van der Waals surface area (Å²) in [5.74, 6) is 0. The highest BCUT2D eigenvalue weighted by Crippen LogP contribution is 2.44. The van der Waals surface area contributed by atoms with Crippen LogP contribution in [-0.4, -0.2) is 12.0 Å². The number of nitrogens with one attached hydrogen (secondary N) is 2. The van der Waals surface area contributed by atoms with Crippen molar-refractivity contribution in [3.8, 4) is 0 Å². The number of alkyl halides is 1. The van der Waals surface area contributed by atoms with E-state index in [0.717, 1.165) is 24.2 Å². The largest absolute Gasteiger partial charge is 0.402 e. The number of nitrogens with two attached hydrogens (primary N) is 1. The van der Waals surface area contributed by atoms with Gasteiger partial charge in [-0.1, -0.05) is 42.5 Å². The Morgan fingerprint density at radius 2 is 2.09 bits per heavy atom. The van der Waals surface area contributed by atoms with Crippen LogP contribution in [0, 0.1) is 5.41 Å². The van der Waals surface area contributed by atoms with Gasteiger partial charge in [0.1, 0.15) is 0 Å². The highest BCUT2D eigenvalue weighted by atomic mass is 127. The Labute approximate surface area is 145 Å². The summed E-state index contributed by atoms with van der Waals surface area (Å²) in [4.78, 5) is 3.57. The average Bonchev–Trinajstić information content (AvgIpc) is 2.88. The van der Waals surface area contributed by atoms with Crippen molar-refractivity contribution < 1.29 is 0 Å². The zero-order valence-electron chi connectivity index (χ0n) is 13.5. The molecule has 1 aliphatic rings. The first kappa shape index (κ1) is 15.7. The van der Waals surface area contributed by atoms with E-state index in [1.807, 2.05) is 7.05 Å². The molecule has 0 spiro atoms. The van der Waals surface area contributed by atoms with Crippen LogP contribution < -0.4 is 11.1 Å². The Bertz CT molecular complexity index is 727. The number of halogens is 1. The average molecular weight is 409 g/mol. The molecule has 1 aromatic carbocycles. The number of anilines is 1. The van der Waals surface area contributed by atoms with Gasteiger partial charge in [-0.25, -0.2) is 0 Å². The van der Waals surface area contributed by atoms with Crippen LogP contribution in [0.25, 0.3) is 10.9 Å². The van der Waals surface area contributed by atoms with Gasteiger partial charge in [0.2, 0.25) is 0 Å². The van der Waals surface area contributed by atoms with Crippen LogP contribution in [0.3, 0.4) is 0 Å². The number of aromatic amines is 1. The number of benzene rings is 1. The van der Waals surface area contributed by atoms with E-state index in [1.54, 1.807) is 0 Å². The van der Waals surface area contributed by atoms with Crippen LogP contribution in [0.4, 0.5) is 5.69 Å². The van der Waals surface area contributed by atoms with Crippen LogP contribution in [0.2, 0.25) is 0 Å². The minimum Gasteiger partial charge on any atom is -0.402 e. The zero-order chi connectivity index (χ0) is 15.9. The second kappa shape index (κ2) is 5.80. The Kier molecular flexibility index (Phi) is 4.14.